The molecule has 1 aliphatic carbocycles. The maximum absolute atomic E-state index is 11.3. The average Bonchev–Trinajstić information content (AvgIpc) is 2.36. The monoisotopic (exact) mass is 186 g/mol. The first kappa shape index (κ1) is 10.1. The fourth-order valence-corrected chi connectivity index (χ4v) is 2.75. The van der Waals surface area contributed by atoms with Crippen LogP contribution in [0.15, 0.2) is 0 Å². The third-order valence-corrected chi connectivity index (χ3v) is 4.37. The quantitative estimate of drug-likeness (QED) is 0.674. The second kappa shape index (κ2) is 4.31. The maximum atomic E-state index is 11.3. The smallest absolute Gasteiger partial charge is 0.145 e. The van der Waals surface area contributed by atoms with Gasteiger partial charge in [0, 0.05) is 11.7 Å². The van der Waals surface area contributed by atoms with Crippen LogP contribution in [0.5, 0.6) is 0 Å². The topological polar surface area (TPSA) is 17.1 Å². The van der Waals surface area contributed by atoms with Gasteiger partial charge in [0.15, 0.2) is 0 Å². The van der Waals surface area contributed by atoms with Gasteiger partial charge in [-0.3, -0.25) is 4.79 Å². The molecule has 2 unspecified atom stereocenters. The van der Waals surface area contributed by atoms with E-state index in [1.807, 2.05) is 11.8 Å². The van der Waals surface area contributed by atoms with Crippen molar-refractivity contribution in [1.82, 2.24) is 0 Å². The molecule has 0 bridgehead atoms. The van der Waals surface area contributed by atoms with Crippen molar-refractivity contribution in [3.63, 3.8) is 0 Å². The van der Waals surface area contributed by atoms with Gasteiger partial charge in [0.25, 0.3) is 0 Å². The van der Waals surface area contributed by atoms with Crippen LogP contribution < -0.4 is 0 Å². The van der Waals surface area contributed by atoms with Gasteiger partial charge in [-0.15, -0.1) is 11.8 Å². The zero-order chi connectivity index (χ0) is 9.14. The van der Waals surface area contributed by atoms with E-state index in [4.69, 9.17) is 0 Å². The number of hydrogen-bond donors (Lipinski definition) is 0. The first-order valence-corrected chi connectivity index (χ1v) is 5.73. The molecule has 0 saturated heterocycles. The largest absolute Gasteiger partial charge is 0.298 e. The van der Waals surface area contributed by atoms with Gasteiger partial charge in [0.05, 0.1) is 5.25 Å². The molecular weight excluding hydrogens is 168 g/mol. The minimum absolute atomic E-state index is 0.322. The van der Waals surface area contributed by atoms with Crippen molar-refractivity contribution in [2.75, 3.05) is 0 Å². The Bertz CT molecular complexity index is 165. The summed E-state index contributed by atoms with van der Waals surface area (Å²) >= 11 is 1.87. The molecule has 2 heteroatoms. The third-order valence-electron chi connectivity index (χ3n) is 2.57. The number of hydrogen-bond acceptors (Lipinski definition) is 2. The van der Waals surface area contributed by atoms with Crippen LogP contribution in [0, 0.1) is 5.92 Å². The van der Waals surface area contributed by atoms with Crippen LogP contribution in [0.4, 0.5) is 0 Å². The van der Waals surface area contributed by atoms with Crippen LogP contribution >= 0.6 is 11.8 Å². The summed E-state index contributed by atoms with van der Waals surface area (Å²) in [5, 5.41) is 0.944. The fraction of sp³-hybridized carbons (Fsp3) is 0.900. The van der Waals surface area contributed by atoms with E-state index >= 15 is 0 Å². The van der Waals surface area contributed by atoms with Crippen molar-refractivity contribution >= 4 is 17.5 Å². The van der Waals surface area contributed by atoms with Gasteiger partial charge in [0.2, 0.25) is 0 Å². The molecule has 0 aromatic heterocycles. The van der Waals surface area contributed by atoms with Crippen LogP contribution in [-0.4, -0.2) is 16.3 Å². The summed E-state index contributed by atoms with van der Waals surface area (Å²) in [5.74, 6) is 1.16. The fourth-order valence-electron chi connectivity index (χ4n) is 1.34. The van der Waals surface area contributed by atoms with Crippen LogP contribution in [0.3, 0.4) is 0 Å². The third kappa shape index (κ3) is 2.51. The van der Waals surface area contributed by atoms with E-state index in [1.54, 1.807) is 0 Å². The first-order chi connectivity index (χ1) is 5.61. The summed E-state index contributed by atoms with van der Waals surface area (Å²) in [6.45, 7) is 6.66. The molecule has 2 atom stereocenters. The molecular formula is C10H18OS. The van der Waals surface area contributed by atoms with Crippen molar-refractivity contribution in [2.45, 2.75) is 50.5 Å². The highest BCUT2D eigenvalue weighted by Gasteiger charge is 2.27. The Morgan fingerprint density at radius 2 is 2.08 bits per heavy atom. The summed E-state index contributed by atoms with van der Waals surface area (Å²) in [4.78, 5) is 11.3. The van der Waals surface area contributed by atoms with E-state index in [2.05, 4.69) is 20.8 Å². The minimum atomic E-state index is 0.322. The highest BCUT2D eigenvalue weighted by Crippen LogP contribution is 2.32. The van der Waals surface area contributed by atoms with E-state index in [1.165, 1.54) is 0 Å². The molecule has 0 heterocycles. The molecule has 1 fully saturated rings. The van der Waals surface area contributed by atoms with E-state index in [-0.39, 0.29) is 0 Å². The zero-order valence-corrected chi connectivity index (χ0v) is 8.99. The molecule has 0 radical (unpaired) electrons. The molecule has 12 heavy (non-hydrogen) atoms. The Labute approximate surface area is 79.3 Å². The number of Topliss-reactive ketones (excluding diaryl/α,β-unsaturated/α-hetero) is 1. The average molecular weight is 186 g/mol. The van der Waals surface area contributed by atoms with Gasteiger partial charge in [-0.25, -0.2) is 0 Å². The molecule has 70 valence electrons. The van der Waals surface area contributed by atoms with Gasteiger partial charge in [-0.05, 0) is 18.8 Å². The van der Waals surface area contributed by atoms with Gasteiger partial charge >= 0.3 is 0 Å². The molecule has 0 spiro atoms. The molecule has 1 aliphatic rings. The van der Waals surface area contributed by atoms with Crippen molar-refractivity contribution < 1.29 is 4.79 Å². The second-order valence-electron chi connectivity index (χ2n) is 3.93. The van der Waals surface area contributed by atoms with Crippen LogP contribution in [0.1, 0.15) is 40.0 Å². The molecule has 1 saturated carbocycles. The highest BCUT2D eigenvalue weighted by molar-refractivity contribution is 8.01. The molecule has 0 N–H and O–H groups in total. The van der Waals surface area contributed by atoms with Gasteiger partial charge in [-0.2, -0.15) is 0 Å². The second-order valence-corrected chi connectivity index (χ2v) is 5.52. The van der Waals surface area contributed by atoms with Crippen LogP contribution in [0.2, 0.25) is 0 Å². The van der Waals surface area contributed by atoms with Crippen molar-refractivity contribution in [2.24, 2.45) is 5.92 Å². The van der Waals surface area contributed by atoms with Crippen LogP contribution in [0.25, 0.3) is 0 Å². The van der Waals surface area contributed by atoms with E-state index in [0.717, 1.165) is 19.3 Å². The number of rotatable bonds is 3. The molecule has 0 aromatic carbocycles. The first-order valence-electron chi connectivity index (χ1n) is 4.79. The summed E-state index contributed by atoms with van der Waals surface area (Å²) < 4.78 is 0. The Morgan fingerprint density at radius 3 is 2.50 bits per heavy atom. The lowest BCUT2D eigenvalue weighted by Crippen LogP contribution is -2.16. The number of carbonyl (C=O) groups excluding carboxylic acids is 1. The summed E-state index contributed by atoms with van der Waals surface area (Å²) in [6, 6.07) is 0. The minimum Gasteiger partial charge on any atom is -0.298 e. The van der Waals surface area contributed by atoms with E-state index < -0.39 is 0 Å². The van der Waals surface area contributed by atoms with Crippen molar-refractivity contribution in [3.05, 3.63) is 0 Å². The van der Waals surface area contributed by atoms with Gasteiger partial charge in [0.1, 0.15) is 5.78 Å². The lowest BCUT2D eigenvalue weighted by molar-refractivity contribution is -0.116. The Kier molecular flexibility index (Phi) is 3.63. The molecule has 0 aromatic rings. The Morgan fingerprint density at radius 1 is 1.42 bits per heavy atom. The standard InChI is InChI=1S/C10H18OS/c1-7(2)8(3)12-10-6-4-5-9(10)11/h7-8,10H,4-6H2,1-3H3. The predicted molar refractivity (Wildman–Crippen MR) is 54.5 cm³/mol. The number of thioether (sulfide) groups is 1. The lowest BCUT2D eigenvalue weighted by Gasteiger charge is -2.18. The zero-order valence-electron chi connectivity index (χ0n) is 8.17. The van der Waals surface area contributed by atoms with Crippen molar-refractivity contribution in [1.29, 1.82) is 0 Å². The van der Waals surface area contributed by atoms with Gasteiger partial charge < -0.3 is 0 Å². The van der Waals surface area contributed by atoms with E-state index in [9.17, 15) is 4.79 Å². The highest BCUT2D eigenvalue weighted by atomic mass is 32.2. The number of carbonyl (C=O) groups is 1. The molecule has 0 amide bonds. The van der Waals surface area contributed by atoms with Crippen LogP contribution in [-0.2, 0) is 4.79 Å². The summed E-state index contributed by atoms with van der Waals surface area (Å²) in [6.07, 6.45) is 3.05. The normalized spacial score (nSPS) is 26.7. The molecule has 0 aliphatic heterocycles. The van der Waals surface area contributed by atoms with Gasteiger partial charge in [-0.1, -0.05) is 20.8 Å². The summed E-state index contributed by atoms with van der Waals surface area (Å²) in [7, 11) is 0. The summed E-state index contributed by atoms with van der Waals surface area (Å²) in [5.41, 5.74) is 0. The predicted octanol–water partition coefficient (Wildman–Crippen LogP) is 2.89. The Balaban J connectivity index is 2.35. The molecule has 1 nitrogen and oxygen atoms in total. The van der Waals surface area contributed by atoms with E-state index in [0.29, 0.717) is 22.2 Å². The number of ketones is 1. The Hall–Kier alpha value is 0.0200. The van der Waals surface area contributed by atoms with Crippen molar-refractivity contribution in [3.8, 4) is 0 Å². The molecule has 1 rings (SSSR count). The maximum Gasteiger partial charge on any atom is 0.145 e. The lowest BCUT2D eigenvalue weighted by atomic mass is 10.2. The SMILES string of the molecule is CC(C)C(C)SC1CCCC1=O.